The Kier molecular flexibility index (Phi) is 5.45. The van der Waals surface area contributed by atoms with Gasteiger partial charge in [0.2, 0.25) is 0 Å². The van der Waals surface area contributed by atoms with E-state index in [-0.39, 0.29) is 5.75 Å². The van der Waals surface area contributed by atoms with Crippen LogP contribution in [0.4, 0.5) is 5.69 Å². The minimum Gasteiger partial charge on any atom is -0.387 e. The molecule has 0 bridgehead atoms. The molecule has 0 saturated heterocycles. The van der Waals surface area contributed by atoms with Crippen molar-refractivity contribution >= 4 is 27.1 Å². The maximum absolute atomic E-state index is 11.7. The summed E-state index contributed by atoms with van der Waals surface area (Å²) in [7, 11) is -3.18. The summed E-state index contributed by atoms with van der Waals surface area (Å²) in [6.45, 7) is 1.94. The third-order valence-electron chi connectivity index (χ3n) is 3.35. The minimum atomic E-state index is -3.18. The number of aliphatic hydroxyl groups is 1. The van der Waals surface area contributed by atoms with Gasteiger partial charge in [-0.2, -0.15) is 0 Å². The van der Waals surface area contributed by atoms with Gasteiger partial charge in [0.15, 0.2) is 9.84 Å². The molecular formula is C16H18ClNO3S. The Morgan fingerprint density at radius 3 is 2.23 bits per heavy atom. The molecule has 2 N–H and O–H groups in total. The van der Waals surface area contributed by atoms with Gasteiger partial charge in [-0.1, -0.05) is 30.7 Å². The van der Waals surface area contributed by atoms with Crippen molar-refractivity contribution in [3.63, 3.8) is 0 Å². The highest BCUT2D eigenvalue weighted by Gasteiger charge is 2.11. The Bertz CT molecular complexity index is 712. The molecule has 0 spiro atoms. The molecular weight excluding hydrogens is 322 g/mol. The molecule has 0 aliphatic rings. The first-order chi connectivity index (χ1) is 10.4. The second-order valence-corrected chi connectivity index (χ2v) is 7.59. The van der Waals surface area contributed by atoms with E-state index in [1.807, 2.05) is 0 Å². The summed E-state index contributed by atoms with van der Waals surface area (Å²) in [5, 5.41) is 13.8. The van der Waals surface area contributed by atoms with Gasteiger partial charge in [-0.25, -0.2) is 8.42 Å². The van der Waals surface area contributed by atoms with Gasteiger partial charge in [-0.15, -0.1) is 0 Å². The van der Waals surface area contributed by atoms with Crippen molar-refractivity contribution in [2.45, 2.75) is 17.9 Å². The van der Waals surface area contributed by atoms with Crippen molar-refractivity contribution in [2.24, 2.45) is 0 Å². The van der Waals surface area contributed by atoms with Gasteiger partial charge in [0.05, 0.1) is 16.8 Å². The number of anilines is 1. The van der Waals surface area contributed by atoms with Gasteiger partial charge >= 0.3 is 0 Å². The van der Waals surface area contributed by atoms with Crippen molar-refractivity contribution in [3.05, 3.63) is 59.1 Å². The Labute approximate surface area is 135 Å². The molecule has 0 aliphatic carbocycles. The zero-order chi connectivity index (χ0) is 16.2. The molecule has 1 unspecified atom stereocenters. The monoisotopic (exact) mass is 339 g/mol. The van der Waals surface area contributed by atoms with Crippen LogP contribution < -0.4 is 5.32 Å². The number of rotatable bonds is 6. The first kappa shape index (κ1) is 16.8. The van der Waals surface area contributed by atoms with Crippen LogP contribution in [0.25, 0.3) is 0 Å². The van der Waals surface area contributed by atoms with Gasteiger partial charge in [-0.3, -0.25) is 0 Å². The molecule has 0 aromatic heterocycles. The molecule has 0 aliphatic heterocycles. The van der Waals surface area contributed by atoms with E-state index in [9.17, 15) is 13.5 Å². The van der Waals surface area contributed by atoms with Crippen LogP contribution in [0, 0.1) is 0 Å². The summed E-state index contributed by atoms with van der Waals surface area (Å²) in [4.78, 5) is 0.304. The Morgan fingerprint density at radius 2 is 1.68 bits per heavy atom. The van der Waals surface area contributed by atoms with Crippen LogP contribution in [0.1, 0.15) is 18.6 Å². The molecule has 1 atom stereocenters. The van der Waals surface area contributed by atoms with Crippen molar-refractivity contribution in [3.8, 4) is 0 Å². The number of benzene rings is 2. The van der Waals surface area contributed by atoms with Gasteiger partial charge in [0.1, 0.15) is 0 Å². The molecule has 2 aromatic rings. The molecule has 2 aromatic carbocycles. The van der Waals surface area contributed by atoms with Crippen LogP contribution in [0.2, 0.25) is 5.02 Å². The molecule has 0 amide bonds. The minimum absolute atomic E-state index is 0.0784. The van der Waals surface area contributed by atoms with Crippen LogP contribution in [-0.2, 0) is 9.84 Å². The SMILES string of the molecule is CCS(=O)(=O)c1ccc(NCC(O)c2ccc(Cl)cc2)cc1. The lowest BCUT2D eigenvalue weighted by molar-refractivity contribution is 0.191. The van der Waals surface area contributed by atoms with E-state index in [4.69, 9.17) is 11.6 Å². The van der Waals surface area contributed by atoms with Crippen molar-refractivity contribution in [1.82, 2.24) is 0 Å². The molecule has 0 saturated carbocycles. The highest BCUT2D eigenvalue weighted by molar-refractivity contribution is 7.91. The smallest absolute Gasteiger partial charge is 0.178 e. The Balaban J connectivity index is 1.98. The van der Waals surface area contributed by atoms with E-state index in [0.29, 0.717) is 16.5 Å². The van der Waals surface area contributed by atoms with Crippen LogP contribution in [-0.4, -0.2) is 25.8 Å². The molecule has 0 heterocycles. The largest absolute Gasteiger partial charge is 0.387 e. The molecule has 0 fully saturated rings. The summed E-state index contributed by atoms with van der Waals surface area (Å²) < 4.78 is 23.4. The maximum Gasteiger partial charge on any atom is 0.178 e. The number of hydrogen-bond donors (Lipinski definition) is 2. The molecule has 4 nitrogen and oxygen atoms in total. The summed E-state index contributed by atoms with van der Waals surface area (Å²) in [6.07, 6.45) is -0.670. The van der Waals surface area contributed by atoms with Crippen LogP contribution in [0.5, 0.6) is 0 Å². The predicted molar refractivity (Wildman–Crippen MR) is 89.1 cm³/mol. The first-order valence-electron chi connectivity index (χ1n) is 6.92. The second-order valence-electron chi connectivity index (χ2n) is 4.88. The second kappa shape index (κ2) is 7.13. The third-order valence-corrected chi connectivity index (χ3v) is 5.35. The molecule has 118 valence electrons. The zero-order valence-electron chi connectivity index (χ0n) is 12.2. The third kappa shape index (κ3) is 4.22. The quantitative estimate of drug-likeness (QED) is 0.847. The van der Waals surface area contributed by atoms with Gasteiger partial charge < -0.3 is 10.4 Å². The predicted octanol–water partition coefficient (Wildman–Crippen LogP) is 3.28. The first-order valence-corrected chi connectivity index (χ1v) is 8.95. The zero-order valence-corrected chi connectivity index (χ0v) is 13.7. The average molecular weight is 340 g/mol. The number of aliphatic hydroxyl groups excluding tert-OH is 1. The number of nitrogens with one attached hydrogen (secondary N) is 1. The summed E-state index contributed by atoms with van der Waals surface area (Å²) >= 11 is 5.81. The average Bonchev–Trinajstić information content (AvgIpc) is 2.53. The van der Waals surface area contributed by atoms with Gasteiger partial charge in [0, 0.05) is 17.3 Å². The highest BCUT2D eigenvalue weighted by Crippen LogP contribution is 2.19. The fourth-order valence-corrected chi connectivity index (χ4v) is 2.97. The lowest BCUT2D eigenvalue weighted by Gasteiger charge is -2.13. The molecule has 6 heteroatoms. The summed E-state index contributed by atoms with van der Waals surface area (Å²) in [5.41, 5.74) is 1.52. The van der Waals surface area contributed by atoms with E-state index in [2.05, 4.69) is 5.32 Å². The standard InChI is InChI=1S/C16H18ClNO3S/c1-2-22(20,21)15-9-7-14(8-10-15)18-11-16(19)12-3-5-13(17)6-4-12/h3-10,16,18-19H,2,11H2,1H3. The van der Waals surface area contributed by atoms with Crippen LogP contribution >= 0.6 is 11.6 Å². The van der Waals surface area contributed by atoms with E-state index < -0.39 is 15.9 Å². The van der Waals surface area contributed by atoms with Crippen molar-refractivity contribution < 1.29 is 13.5 Å². The number of sulfone groups is 1. The summed E-state index contributed by atoms with van der Waals surface area (Å²) in [5.74, 6) is 0.0784. The van der Waals surface area contributed by atoms with Gasteiger partial charge in [0.25, 0.3) is 0 Å². The summed E-state index contributed by atoms with van der Waals surface area (Å²) in [6, 6.07) is 13.5. The fraction of sp³-hybridized carbons (Fsp3) is 0.250. The molecule has 0 radical (unpaired) electrons. The Morgan fingerprint density at radius 1 is 1.09 bits per heavy atom. The maximum atomic E-state index is 11.7. The lowest BCUT2D eigenvalue weighted by atomic mass is 10.1. The van der Waals surface area contributed by atoms with Crippen molar-refractivity contribution in [1.29, 1.82) is 0 Å². The number of halogens is 1. The van der Waals surface area contributed by atoms with Gasteiger partial charge in [-0.05, 0) is 42.0 Å². The van der Waals surface area contributed by atoms with E-state index in [0.717, 1.165) is 11.3 Å². The normalized spacial score (nSPS) is 12.9. The topological polar surface area (TPSA) is 66.4 Å². The molecule has 2 rings (SSSR count). The van der Waals surface area contributed by atoms with Crippen molar-refractivity contribution in [2.75, 3.05) is 17.6 Å². The number of hydrogen-bond acceptors (Lipinski definition) is 4. The molecule has 22 heavy (non-hydrogen) atoms. The van der Waals surface area contributed by atoms with Crippen LogP contribution in [0.3, 0.4) is 0 Å². The highest BCUT2D eigenvalue weighted by atomic mass is 35.5. The Hall–Kier alpha value is -1.56. The van der Waals surface area contributed by atoms with Crippen LogP contribution in [0.15, 0.2) is 53.4 Å². The fourth-order valence-electron chi connectivity index (χ4n) is 1.96. The van der Waals surface area contributed by atoms with E-state index in [1.165, 1.54) is 0 Å². The van der Waals surface area contributed by atoms with E-state index in [1.54, 1.807) is 55.5 Å². The van der Waals surface area contributed by atoms with E-state index >= 15 is 0 Å². The lowest BCUT2D eigenvalue weighted by Crippen LogP contribution is -2.12.